The molecule has 0 radical (unpaired) electrons. The maximum absolute atomic E-state index is 10.3. The van der Waals surface area contributed by atoms with E-state index in [9.17, 15) is 4.89 Å². The summed E-state index contributed by atoms with van der Waals surface area (Å²) in [5, 5.41) is 0. The highest BCUT2D eigenvalue weighted by molar-refractivity contribution is 7.46. The molecule has 2 fully saturated rings. The fraction of sp³-hybridized carbons (Fsp3) is 1.00. The molecular weight excluding hydrogens is 279 g/mol. The van der Waals surface area contributed by atoms with Crippen LogP contribution in [0.5, 0.6) is 0 Å². The van der Waals surface area contributed by atoms with Gasteiger partial charge in [-0.1, -0.05) is 59.8 Å². The summed E-state index contributed by atoms with van der Waals surface area (Å²) in [5.74, 6) is 0.796. The fourth-order valence-electron chi connectivity index (χ4n) is 4.72. The number of fused-ring (bicyclic) bond motifs is 2. The molecule has 2 aliphatic carbocycles. The van der Waals surface area contributed by atoms with E-state index < -0.39 is 8.38 Å². The molecule has 2 nitrogen and oxygen atoms in total. The lowest BCUT2D eigenvalue weighted by molar-refractivity contribution is -0.0130. The molecule has 1 N–H and O–H groups in total. The first-order valence-electron chi connectivity index (χ1n) is 9.03. The quantitative estimate of drug-likeness (QED) is 0.425. The summed E-state index contributed by atoms with van der Waals surface area (Å²) in [6.45, 7) is 9.32. The van der Waals surface area contributed by atoms with Crippen LogP contribution in [0.3, 0.4) is 0 Å². The predicted molar refractivity (Wildman–Crippen MR) is 91.5 cm³/mol. The van der Waals surface area contributed by atoms with Crippen LogP contribution in [-0.4, -0.2) is 17.2 Å². The average Bonchev–Trinajstić information content (AvgIpc) is 2.90. The Morgan fingerprint density at radius 3 is 2.38 bits per heavy atom. The molecule has 124 valence electrons. The second-order valence-electron chi connectivity index (χ2n) is 8.24. The van der Waals surface area contributed by atoms with Crippen LogP contribution in [0.1, 0.15) is 85.5 Å². The Labute approximate surface area is 133 Å². The van der Waals surface area contributed by atoms with Crippen LogP contribution in [0, 0.1) is 16.7 Å². The van der Waals surface area contributed by atoms with E-state index in [4.69, 9.17) is 4.52 Å². The molecule has 4 atom stereocenters. The average molecular weight is 314 g/mol. The van der Waals surface area contributed by atoms with Crippen molar-refractivity contribution in [2.24, 2.45) is 16.7 Å². The SMILES string of the molecule is CCCCCCCCP(O)O[C@H]1C(C)(C)[C@H]2CC[C@]1(C)C2. The molecule has 1 unspecified atom stereocenters. The van der Waals surface area contributed by atoms with Crippen molar-refractivity contribution < 1.29 is 9.42 Å². The molecule has 0 saturated heterocycles. The van der Waals surface area contributed by atoms with E-state index in [0.717, 1.165) is 18.5 Å². The highest BCUT2D eigenvalue weighted by Crippen LogP contribution is 2.65. The van der Waals surface area contributed by atoms with Gasteiger partial charge in [-0.2, -0.15) is 0 Å². The van der Waals surface area contributed by atoms with Gasteiger partial charge in [0.2, 0.25) is 0 Å². The zero-order valence-electron chi connectivity index (χ0n) is 14.5. The van der Waals surface area contributed by atoms with Crippen LogP contribution in [0.2, 0.25) is 0 Å². The first kappa shape index (κ1) is 17.7. The van der Waals surface area contributed by atoms with Crippen molar-refractivity contribution in [3.8, 4) is 0 Å². The maximum Gasteiger partial charge on any atom is 0.168 e. The van der Waals surface area contributed by atoms with Gasteiger partial charge in [0.05, 0.1) is 6.10 Å². The molecule has 2 rings (SSSR count). The summed E-state index contributed by atoms with van der Waals surface area (Å²) in [4.78, 5) is 10.3. The molecular formula is C18H35O2P. The van der Waals surface area contributed by atoms with Gasteiger partial charge in [0.25, 0.3) is 0 Å². The van der Waals surface area contributed by atoms with E-state index in [1.165, 1.54) is 51.4 Å². The van der Waals surface area contributed by atoms with Crippen molar-refractivity contribution in [2.75, 3.05) is 6.16 Å². The van der Waals surface area contributed by atoms with E-state index in [1.807, 2.05) is 0 Å². The Bertz CT molecular complexity index is 326. The minimum atomic E-state index is -1.22. The van der Waals surface area contributed by atoms with Crippen LogP contribution in [0.4, 0.5) is 0 Å². The van der Waals surface area contributed by atoms with Crippen molar-refractivity contribution in [1.29, 1.82) is 0 Å². The third kappa shape index (κ3) is 4.01. The van der Waals surface area contributed by atoms with Gasteiger partial charge in [0, 0.05) is 6.16 Å². The normalized spacial score (nSPS) is 35.3. The largest absolute Gasteiger partial charge is 0.350 e. The fourth-order valence-corrected chi connectivity index (χ4v) is 6.09. The topological polar surface area (TPSA) is 29.5 Å². The molecule has 2 saturated carbocycles. The third-order valence-corrected chi connectivity index (χ3v) is 7.22. The van der Waals surface area contributed by atoms with Gasteiger partial charge in [-0.3, -0.25) is 0 Å². The van der Waals surface area contributed by atoms with Crippen molar-refractivity contribution in [1.82, 2.24) is 0 Å². The van der Waals surface area contributed by atoms with E-state index >= 15 is 0 Å². The molecule has 21 heavy (non-hydrogen) atoms. The highest BCUT2D eigenvalue weighted by Gasteiger charge is 2.60. The number of unbranched alkanes of at least 4 members (excludes halogenated alkanes) is 5. The van der Waals surface area contributed by atoms with Gasteiger partial charge in [0.1, 0.15) is 0 Å². The molecule has 0 aromatic heterocycles. The smallest absolute Gasteiger partial charge is 0.168 e. The van der Waals surface area contributed by atoms with Crippen LogP contribution >= 0.6 is 8.38 Å². The Hall–Kier alpha value is 0.350. The standard InChI is InChI=1S/C18H35O2P/c1-5-6-7-8-9-10-13-21(19)20-16-17(2,3)15-11-12-18(16,4)14-15/h15-16,19H,5-14H2,1-4H3/t15-,16-,18+,21?/m0/s1. The van der Waals surface area contributed by atoms with Crippen molar-refractivity contribution >= 4 is 8.38 Å². The zero-order chi connectivity index (χ0) is 15.5. The molecule has 0 aromatic rings. The Balaban J connectivity index is 1.71. The van der Waals surface area contributed by atoms with E-state index in [2.05, 4.69) is 27.7 Å². The highest BCUT2D eigenvalue weighted by atomic mass is 31.2. The summed E-state index contributed by atoms with van der Waals surface area (Å²) in [5.41, 5.74) is 0.566. The lowest BCUT2D eigenvalue weighted by Gasteiger charge is -2.42. The number of hydrogen-bond donors (Lipinski definition) is 1. The zero-order valence-corrected chi connectivity index (χ0v) is 15.4. The summed E-state index contributed by atoms with van der Waals surface area (Å²) in [7, 11) is -1.22. The van der Waals surface area contributed by atoms with Crippen LogP contribution < -0.4 is 0 Å². The van der Waals surface area contributed by atoms with Gasteiger partial charge in [-0.15, -0.1) is 0 Å². The monoisotopic (exact) mass is 314 g/mol. The lowest BCUT2D eigenvalue weighted by Crippen LogP contribution is -2.41. The lowest BCUT2D eigenvalue weighted by atomic mass is 9.70. The molecule has 0 amide bonds. The van der Waals surface area contributed by atoms with Crippen LogP contribution in [-0.2, 0) is 4.52 Å². The van der Waals surface area contributed by atoms with Gasteiger partial charge >= 0.3 is 0 Å². The molecule has 0 aromatic carbocycles. The van der Waals surface area contributed by atoms with Crippen molar-refractivity contribution in [2.45, 2.75) is 91.6 Å². The van der Waals surface area contributed by atoms with Gasteiger partial charge in [-0.25, -0.2) is 0 Å². The predicted octanol–water partition coefficient (Wildman–Crippen LogP) is 5.88. The number of hydrogen-bond acceptors (Lipinski definition) is 2. The molecule has 3 heteroatoms. The number of rotatable bonds is 9. The summed E-state index contributed by atoms with van der Waals surface area (Å²) in [6, 6.07) is 0. The molecule has 2 bridgehead atoms. The van der Waals surface area contributed by atoms with Gasteiger partial charge < -0.3 is 9.42 Å². The molecule has 0 aliphatic heterocycles. The minimum absolute atomic E-state index is 0.247. The van der Waals surface area contributed by atoms with E-state index in [1.54, 1.807) is 0 Å². The Morgan fingerprint density at radius 2 is 1.76 bits per heavy atom. The molecule has 0 heterocycles. The van der Waals surface area contributed by atoms with Crippen LogP contribution in [0.25, 0.3) is 0 Å². The Kier molecular flexibility index (Phi) is 6.14. The first-order chi connectivity index (χ1) is 9.90. The van der Waals surface area contributed by atoms with Crippen molar-refractivity contribution in [3.05, 3.63) is 0 Å². The van der Waals surface area contributed by atoms with E-state index in [-0.39, 0.29) is 11.5 Å². The van der Waals surface area contributed by atoms with E-state index in [0.29, 0.717) is 5.41 Å². The first-order valence-corrected chi connectivity index (χ1v) is 10.4. The van der Waals surface area contributed by atoms with Crippen LogP contribution in [0.15, 0.2) is 0 Å². The second kappa shape index (κ2) is 7.28. The summed E-state index contributed by atoms with van der Waals surface area (Å²) in [6.07, 6.45) is 12.7. The second-order valence-corrected chi connectivity index (χ2v) is 9.61. The maximum atomic E-state index is 10.3. The summed E-state index contributed by atoms with van der Waals surface area (Å²) >= 11 is 0. The van der Waals surface area contributed by atoms with Crippen molar-refractivity contribution in [3.63, 3.8) is 0 Å². The summed E-state index contributed by atoms with van der Waals surface area (Å²) < 4.78 is 6.21. The van der Waals surface area contributed by atoms with Gasteiger partial charge in [0.15, 0.2) is 8.38 Å². The third-order valence-electron chi connectivity index (χ3n) is 6.07. The molecule has 2 aliphatic rings. The van der Waals surface area contributed by atoms with Gasteiger partial charge in [-0.05, 0) is 42.4 Å². The Morgan fingerprint density at radius 1 is 1.10 bits per heavy atom. The molecule has 0 spiro atoms. The minimum Gasteiger partial charge on any atom is -0.350 e.